The molecule has 0 bridgehead atoms. The van der Waals surface area contributed by atoms with Crippen LogP contribution in [0.4, 0.5) is 9.59 Å². The minimum Gasteiger partial charge on any atom is -0.453 e. The van der Waals surface area contributed by atoms with Crippen molar-refractivity contribution >= 4 is 24.0 Å². The van der Waals surface area contributed by atoms with Gasteiger partial charge < -0.3 is 44.8 Å². The number of nitrogens with one attached hydrogen (secondary N) is 4. The van der Waals surface area contributed by atoms with E-state index >= 15 is 0 Å². The normalized spacial score (nSPS) is 18.9. The van der Waals surface area contributed by atoms with Crippen LogP contribution in [0.1, 0.15) is 96.6 Å². The van der Waals surface area contributed by atoms with Gasteiger partial charge in [-0.25, -0.2) is 19.6 Å². The summed E-state index contributed by atoms with van der Waals surface area (Å²) in [6, 6.07) is 38.4. The lowest BCUT2D eigenvalue weighted by atomic mass is 9.76. The Bertz CT molecular complexity index is 3180. The first-order chi connectivity index (χ1) is 36.6. The fraction of sp³-hybridized carbons (Fsp3) is 0.333. The third-order valence-corrected chi connectivity index (χ3v) is 16.1. The molecule has 3 aliphatic heterocycles. The molecular formula is C60H63N9O6. The molecule has 0 radical (unpaired) electrons. The first kappa shape index (κ1) is 49.2. The van der Waals surface area contributed by atoms with E-state index in [4.69, 9.17) is 19.4 Å². The van der Waals surface area contributed by atoms with E-state index in [1.54, 1.807) is 0 Å². The molecule has 5 heterocycles. The fourth-order valence-electron chi connectivity index (χ4n) is 12.0. The Hall–Kier alpha value is -8.04. The van der Waals surface area contributed by atoms with Crippen molar-refractivity contribution in [3.63, 3.8) is 0 Å². The minimum absolute atomic E-state index is 0.204. The van der Waals surface area contributed by atoms with Gasteiger partial charge in [-0.15, -0.1) is 0 Å². The molecule has 4 atom stereocenters. The van der Waals surface area contributed by atoms with Gasteiger partial charge in [0.15, 0.2) is 0 Å². The molecule has 3 saturated heterocycles. The van der Waals surface area contributed by atoms with Gasteiger partial charge in [-0.3, -0.25) is 9.59 Å². The summed E-state index contributed by atoms with van der Waals surface area (Å²) in [5, 5.41) is 5.50. The fourth-order valence-corrected chi connectivity index (χ4v) is 12.0. The molecule has 3 fully saturated rings. The standard InChI is InChI=1S/C60H63N9O6/c1-67-30-26-60(27-31-67)34-45-32-44(38-18-22-40(23-19-38)48-36-61-54(63-48)50-16-10-28-68(50)56(70)52(65-58(72)74-2)42-12-6-4-7-13-42)33-46(47(45)35-60)39-20-24-41(25-21-39)49-37-62-55(64-49)51-17-11-29-69(51)57(71)53(66-59(73)75-3)43-14-8-5-9-15-43/h4-9,12-15,18-25,32-33,36-37,50-53H,10-11,16-17,26-31,34-35H2,1-3H3,(H,61,63)(H,62,64)(H,65,72)(H,66,73)/t50-,51-,52-,53-/m0/s1. The lowest BCUT2D eigenvalue weighted by molar-refractivity contribution is -0.135. The molecule has 4 amide bonds. The van der Waals surface area contributed by atoms with Crippen molar-refractivity contribution in [2.45, 2.75) is 75.5 Å². The van der Waals surface area contributed by atoms with Gasteiger partial charge in [-0.05, 0) is 139 Å². The highest BCUT2D eigenvalue weighted by atomic mass is 16.5. The van der Waals surface area contributed by atoms with Crippen molar-refractivity contribution in [3.8, 4) is 44.8 Å². The molecule has 7 aromatic rings. The van der Waals surface area contributed by atoms with Crippen LogP contribution in [0, 0.1) is 5.41 Å². The second-order valence-electron chi connectivity index (χ2n) is 20.7. The average molecular weight is 1010 g/mol. The van der Waals surface area contributed by atoms with Crippen molar-refractivity contribution in [2.24, 2.45) is 5.41 Å². The summed E-state index contributed by atoms with van der Waals surface area (Å²) >= 11 is 0. The van der Waals surface area contributed by atoms with E-state index in [9.17, 15) is 19.2 Å². The number of benzene rings is 5. The zero-order valence-corrected chi connectivity index (χ0v) is 42.7. The Morgan fingerprint density at radius 1 is 0.587 bits per heavy atom. The highest BCUT2D eigenvalue weighted by Crippen LogP contribution is 2.49. The maximum atomic E-state index is 14.1. The van der Waals surface area contributed by atoms with Gasteiger partial charge in [-0.2, -0.15) is 0 Å². The number of hydrogen-bond acceptors (Lipinski definition) is 9. The number of alkyl carbamates (subject to hydrolysis) is 2. The minimum atomic E-state index is -0.888. The molecule has 2 aromatic heterocycles. The Labute approximate surface area is 437 Å². The highest BCUT2D eigenvalue weighted by molar-refractivity contribution is 5.88. The topological polar surface area (TPSA) is 178 Å². The summed E-state index contributed by atoms with van der Waals surface area (Å²) < 4.78 is 9.78. The SMILES string of the molecule is COC(=O)N[C@H](C(=O)N1CCC[C@H]1c1ncc(-c2ccc(-c3cc4c(c(-c5ccc(-c6cnc([C@@H]7CCCN7C(=O)[C@@H](NC(=O)OC)c7ccccc7)[nH]6)cc5)c3)CC3(CCN(C)CC3)C4)cc2)[nH]1)c1ccccc1. The number of fused-ring (bicyclic) bond motifs is 1. The Balaban J connectivity index is 0.833. The number of nitrogens with zero attached hydrogens (tertiary/aromatic N) is 5. The molecule has 0 saturated carbocycles. The van der Waals surface area contributed by atoms with Crippen LogP contribution >= 0.6 is 0 Å². The van der Waals surface area contributed by atoms with E-state index in [-0.39, 0.29) is 29.3 Å². The van der Waals surface area contributed by atoms with Crippen LogP contribution in [0.15, 0.2) is 134 Å². The zero-order valence-electron chi connectivity index (χ0n) is 42.7. The molecule has 384 valence electrons. The quantitative estimate of drug-likeness (QED) is 0.0928. The van der Waals surface area contributed by atoms with Crippen LogP contribution in [-0.4, -0.2) is 106 Å². The number of H-pyrrole nitrogens is 2. The predicted octanol–water partition coefficient (Wildman–Crippen LogP) is 10.1. The van der Waals surface area contributed by atoms with E-state index in [2.05, 4.69) is 93.2 Å². The first-order valence-corrected chi connectivity index (χ1v) is 26.1. The van der Waals surface area contributed by atoms with Crippen molar-refractivity contribution in [3.05, 3.63) is 168 Å². The number of aromatic nitrogens is 4. The van der Waals surface area contributed by atoms with Gasteiger partial charge in [-0.1, -0.05) is 115 Å². The second-order valence-corrected chi connectivity index (χ2v) is 20.7. The number of amides is 4. The summed E-state index contributed by atoms with van der Waals surface area (Å²) in [6.45, 7) is 3.32. The zero-order chi connectivity index (χ0) is 51.6. The van der Waals surface area contributed by atoms with Crippen molar-refractivity contribution in [2.75, 3.05) is 47.4 Å². The molecule has 75 heavy (non-hydrogen) atoms. The summed E-state index contributed by atoms with van der Waals surface area (Å²) in [6.07, 6.45) is 9.99. The maximum absolute atomic E-state index is 14.1. The Kier molecular flexibility index (Phi) is 13.8. The lowest BCUT2D eigenvalue weighted by Crippen LogP contribution is -2.42. The third kappa shape index (κ3) is 10.0. The molecule has 1 aliphatic carbocycles. The molecule has 15 heteroatoms. The predicted molar refractivity (Wildman–Crippen MR) is 286 cm³/mol. The largest absolute Gasteiger partial charge is 0.453 e. The average Bonchev–Trinajstić information content (AvgIpc) is 4.33. The van der Waals surface area contributed by atoms with Crippen molar-refractivity contribution < 1.29 is 28.7 Å². The Morgan fingerprint density at radius 3 is 1.53 bits per heavy atom. The van der Waals surface area contributed by atoms with Crippen LogP contribution in [0.2, 0.25) is 0 Å². The van der Waals surface area contributed by atoms with Crippen LogP contribution in [0.3, 0.4) is 0 Å². The van der Waals surface area contributed by atoms with Gasteiger partial charge in [0.05, 0.1) is 50.1 Å². The van der Waals surface area contributed by atoms with Crippen LogP contribution in [0.5, 0.6) is 0 Å². The van der Waals surface area contributed by atoms with Crippen molar-refractivity contribution in [1.82, 2.24) is 45.3 Å². The maximum Gasteiger partial charge on any atom is 0.407 e. The lowest BCUT2D eigenvalue weighted by Gasteiger charge is -2.37. The summed E-state index contributed by atoms with van der Waals surface area (Å²) in [7, 11) is 4.81. The third-order valence-electron chi connectivity index (χ3n) is 16.1. The van der Waals surface area contributed by atoms with E-state index in [0.29, 0.717) is 35.9 Å². The number of imidazole rings is 2. The number of aromatic amines is 2. The summed E-state index contributed by atoms with van der Waals surface area (Å²) in [4.78, 5) is 75.8. The monoisotopic (exact) mass is 1010 g/mol. The van der Waals surface area contributed by atoms with Gasteiger partial charge in [0.1, 0.15) is 23.7 Å². The van der Waals surface area contributed by atoms with E-state index < -0.39 is 24.3 Å². The number of ether oxygens (including phenoxy) is 2. The molecule has 15 nitrogen and oxygen atoms in total. The number of hydrogen-bond donors (Lipinski definition) is 4. The first-order valence-electron chi connectivity index (χ1n) is 26.1. The van der Waals surface area contributed by atoms with Crippen LogP contribution < -0.4 is 10.6 Å². The molecule has 0 unspecified atom stereocenters. The molecule has 1 spiro atoms. The molecule has 11 rings (SSSR count). The number of rotatable bonds is 12. The van der Waals surface area contributed by atoms with Gasteiger partial charge in [0.2, 0.25) is 0 Å². The van der Waals surface area contributed by atoms with E-state index in [0.717, 1.165) is 85.3 Å². The number of piperidine rings is 1. The van der Waals surface area contributed by atoms with Crippen molar-refractivity contribution in [1.29, 1.82) is 0 Å². The molecule has 5 aromatic carbocycles. The molecule has 4 N–H and O–H groups in total. The van der Waals surface area contributed by atoms with Crippen LogP contribution in [0.25, 0.3) is 44.8 Å². The number of methoxy groups -OCH3 is 2. The van der Waals surface area contributed by atoms with E-state index in [1.165, 1.54) is 49.3 Å². The Morgan fingerprint density at radius 2 is 1.05 bits per heavy atom. The molecule has 4 aliphatic rings. The van der Waals surface area contributed by atoms with Crippen LogP contribution in [-0.2, 0) is 31.9 Å². The van der Waals surface area contributed by atoms with Gasteiger partial charge in [0.25, 0.3) is 11.8 Å². The number of carbonyl (C=O) groups is 4. The second kappa shape index (κ2) is 21.1. The van der Waals surface area contributed by atoms with Gasteiger partial charge in [0, 0.05) is 13.1 Å². The number of carbonyl (C=O) groups excluding carboxylic acids is 4. The van der Waals surface area contributed by atoms with E-state index in [1.807, 2.05) is 82.9 Å². The summed E-state index contributed by atoms with van der Waals surface area (Å²) in [5.41, 5.74) is 12.9. The highest BCUT2D eigenvalue weighted by Gasteiger charge is 2.42. The smallest absolute Gasteiger partial charge is 0.407 e. The molecular weight excluding hydrogens is 943 g/mol. The summed E-state index contributed by atoms with van der Waals surface area (Å²) in [5.74, 6) is 1.02. The van der Waals surface area contributed by atoms with Gasteiger partial charge >= 0.3 is 12.2 Å². The number of likely N-dealkylation sites (tertiary alicyclic amines) is 3.